The molecule has 1 N–H and O–H groups in total. The first-order valence-electron chi connectivity index (χ1n) is 6.73. The molecule has 5 nitrogen and oxygen atoms in total. The minimum absolute atomic E-state index is 0.0703. The summed E-state index contributed by atoms with van der Waals surface area (Å²) in [5.74, 6) is 0.817. The molecule has 0 aromatic carbocycles. The van der Waals surface area contributed by atoms with Crippen LogP contribution in [-0.4, -0.2) is 49.5 Å². The lowest BCUT2D eigenvalue weighted by Crippen LogP contribution is -2.25. The Hall–Kier alpha value is -0.890. The zero-order valence-corrected chi connectivity index (χ0v) is 15.2. The first kappa shape index (κ1) is 16.5. The van der Waals surface area contributed by atoms with Gasteiger partial charge < -0.3 is 15.0 Å². The average Bonchev–Trinajstić information content (AvgIpc) is 3.05. The molecule has 0 aliphatic carbocycles. The number of ether oxygens (including phenoxy) is 1. The highest BCUT2D eigenvalue weighted by Gasteiger charge is 2.23. The minimum Gasteiger partial charge on any atom is -0.493 e. The van der Waals surface area contributed by atoms with Gasteiger partial charge in [-0.25, -0.2) is 0 Å². The van der Waals surface area contributed by atoms with E-state index in [9.17, 15) is 0 Å². The van der Waals surface area contributed by atoms with Crippen LogP contribution >= 0.6 is 27.3 Å². The Kier molecular flexibility index (Phi) is 5.80. The summed E-state index contributed by atoms with van der Waals surface area (Å²) in [6.45, 7) is 1.76. The molecule has 0 aliphatic rings. The van der Waals surface area contributed by atoms with Crippen LogP contribution in [0.4, 0.5) is 0 Å². The third-order valence-electron chi connectivity index (χ3n) is 3.26. The summed E-state index contributed by atoms with van der Waals surface area (Å²) >= 11 is 5.25. The molecule has 0 saturated heterocycles. The van der Waals surface area contributed by atoms with Gasteiger partial charge in [0.25, 0.3) is 0 Å². The molecular formula is C14H21BrN4OS. The standard InChI is InChI=1S/C14H21BrN4OS/c1-16-13(11-5-6-12(15)21-11)14-10(20-4)9-17-19(14)8-7-18(2)3/h5-6,9,13,16H,7-8H2,1-4H3. The fraction of sp³-hybridized carbons (Fsp3) is 0.500. The van der Waals surface area contributed by atoms with Gasteiger partial charge in [0.05, 0.1) is 29.7 Å². The Morgan fingerprint density at radius 2 is 2.24 bits per heavy atom. The molecule has 0 saturated carbocycles. The number of rotatable bonds is 7. The molecule has 2 aromatic heterocycles. The summed E-state index contributed by atoms with van der Waals surface area (Å²) in [6.07, 6.45) is 1.79. The zero-order chi connectivity index (χ0) is 15.4. The Morgan fingerprint density at radius 3 is 2.76 bits per heavy atom. The van der Waals surface area contributed by atoms with Crippen molar-refractivity contribution in [2.75, 3.05) is 34.8 Å². The monoisotopic (exact) mass is 372 g/mol. The maximum absolute atomic E-state index is 5.50. The number of thiophene rings is 1. The molecule has 0 spiro atoms. The van der Waals surface area contributed by atoms with Gasteiger partial charge in [-0.15, -0.1) is 11.3 Å². The summed E-state index contributed by atoms with van der Waals surface area (Å²) in [5, 5.41) is 7.85. The molecule has 2 rings (SSSR count). The van der Waals surface area contributed by atoms with E-state index in [1.807, 2.05) is 11.7 Å². The summed E-state index contributed by atoms with van der Waals surface area (Å²) in [5.41, 5.74) is 1.07. The Morgan fingerprint density at radius 1 is 1.48 bits per heavy atom. The molecule has 0 fully saturated rings. The van der Waals surface area contributed by atoms with Gasteiger partial charge in [-0.2, -0.15) is 5.10 Å². The van der Waals surface area contributed by atoms with Crippen molar-refractivity contribution in [2.45, 2.75) is 12.6 Å². The number of likely N-dealkylation sites (N-methyl/N-ethyl adjacent to an activating group) is 1. The van der Waals surface area contributed by atoms with Gasteiger partial charge >= 0.3 is 0 Å². The fourth-order valence-corrected chi connectivity index (χ4v) is 3.73. The second-order valence-electron chi connectivity index (χ2n) is 4.99. The van der Waals surface area contributed by atoms with Crippen LogP contribution in [0, 0.1) is 0 Å². The largest absolute Gasteiger partial charge is 0.493 e. The van der Waals surface area contributed by atoms with Gasteiger partial charge in [0.15, 0.2) is 5.75 Å². The van der Waals surface area contributed by atoms with Gasteiger partial charge in [-0.05, 0) is 49.2 Å². The minimum atomic E-state index is 0.0703. The van der Waals surface area contributed by atoms with Gasteiger partial charge in [0, 0.05) is 11.4 Å². The van der Waals surface area contributed by atoms with Crippen LogP contribution in [0.15, 0.2) is 22.1 Å². The van der Waals surface area contributed by atoms with Crippen LogP contribution in [0.5, 0.6) is 5.75 Å². The van der Waals surface area contributed by atoms with Gasteiger partial charge in [0.1, 0.15) is 5.69 Å². The summed E-state index contributed by atoms with van der Waals surface area (Å²) in [7, 11) is 7.77. The second kappa shape index (κ2) is 7.40. The quantitative estimate of drug-likeness (QED) is 0.810. The highest BCUT2D eigenvalue weighted by Crippen LogP contribution is 2.35. The molecule has 0 bridgehead atoms. The molecule has 21 heavy (non-hydrogen) atoms. The van der Waals surface area contributed by atoms with E-state index >= 15 is 0 Å². The molecule has 0 amide bonds. The number of halogens is 1. The first-order valence-corrected chi connectivity index (χ1v) is 8.34. The van der Waals surface area contributed by atoms with Crippen molar-refractivity contribution in [3.63, 3.8) is 0 Å². The van der Waals surface area contributed by atoms with Crippen molar-refractivity contribution >= 4 is 27.3 Å². The first-order chi connectivity index (χ1) is 10.1. The molecule has 1 atom stereocenters. The van der Waals surface area contributed by atoms with E-state index in [-0.39, 0.29) is 6.04 Å². The maximum atomic E-state index is 5.50. The lowest BCUT2D eigenvalue weighted by molar-refractivity contribution is 0.361. The van der Waals surface area contributed by atoms with E-state index in [0.717, 1.165) is 28.3 Å². The fourth-order valence-electron chi connectivity index (χ4n) is 2.20. The van der Waals surface area contributed by atoms with Crippen LogP contribution in [0.2, 0.25) is 0 Å². The summed E-state index contributed by atoms with van der Waals surface area (Å²) in [4.78, 5) is 3.38. The predicted octanol–water partition coefficient (Wildman–Crippen LogP) is 2.59. The normalized spacial score (nSPS) is 12.9. The van der Waals surface area contributed by atoms with Crippen LogP contribution in [0.3, 0.4) is 0 Å². The van der Waals surface area contributed by atoms with Crippen LogP contribution in [0.25, 0.3) is 0 Å². The zero-order valence-electron chi connectivity index (χ0n) is 12.8. The number of hydrogen-bond donors (Lipinski definition) is 1. The highest BCUT2D eigenvalue weighted by molar-refractivity contribution is 9.11. The van der Waals surface area contributed by atoms with E-state index in [0.29, 0.717) is 0 Å². The topological polar surface area (TPSA) is 42.3 Å². The van der Waals surface area contributed by atoms with E-state index in [1.54, 1.807) is 24.6 Å². The maximum Gasteiger partial charge on any atom is 0.161 e. The van der Waals surface area contributed by atoms with Gasteiger partial charge in [-0.3, -0.25) is 4.68 Å². The summed E-state index contributed by atoms with van der Waals surface area (Å²) in [6, 6.07) is 4.26. The van der Waals surface area contributed by atoms with E-state index < -0.39 is 0 Å². The van der Waals surface area contributed by atoms with Crippen LogP contribution in [-0.2, 0) is 6.54 Å². The van der Waals surface area contributed by atoms with Crippen molar-refractivity contribution in [3.8, 4) is 5.75 Å². The SMILES string of the molecule is CNC(c1ccc(Br)s1)c1c(OC)cnn1CCN(C)C. The lowest BCUT2D eigenvalue weighted by atomic mass is 10.1. The van der Waals surface area contributed by atoms with Gasteiger partial charge in [0.2, 0.25) is 0 Å². The molecule has 116 valence electrons. The number of nitrogens with zero attached hydrogens (tertiary/aromatic N) is 3. The lowest BCUT2D eigenvalue weighted by Gasteiger charge is -2.19. The number of aromatic nitrogens is 2. The van der Waals surface area contributed by atoms with Crippen molar-refractivity contribution in [2.24, 2.45) is 0 Å². The second-order valence-corrected chi connectivity index (χ2v) is 7.48. The Balaban J connectivity index is 2.36. The van der Waals surface area contributed by atoms with E-state index in [2.05, 4.69) is 57.5 Å². The van der Waals surface area contributed by atoms with Gasteiger partial charge in [-0.1, -0.05) is 0 Å². The average molecular weight is 373 g/mol. The third-order valence-corrected chi connectivity index (χ3v) is 4.95. The number of hydrogen-bond acceptors (Lipinski definition) is 5. The molecule has 2 aromatic rings. The smallest absolute Gasteiger partial charge is 0.161 e. The van der Waals surface area contributed by atoms with E-state index in [4.69, 9.17) is 4.74 Å². The van der Waals surface area contributed by atoms with Crippen LogP contribution in [0.1, 0.15) is 16.6 Å². The number of nitrogens with one attached hydrogen (secondary N) is 1. The molecule has 0 radical (unpaired) electrons. The van der Waals surface area contributed by atoms with E-state index in [1.165, 1.54) is 4.88 Å². The summed E-state index contributed by atoms with van der Waals surface area (Å²) < 4.78 is 8.64. The van der Waals surface area contributed by atoms with Crippen molar-refractivity contribution in [3.05, 3.63) is 32.7 Å². The predicted molar refractivity (Wildman–Crippen MR) is 90.3 cm³/mol. The Labute approximate surface area is 138 Å². The van der Waals surface area contributed by atoms with Crippen LogP contribution < -0.4 is 10.1 Å². The number of methoxy groups -OCH3 is 1. The molecular weight excluding hydrogens is 352 g/mol. The highest BCUT2D eigenvalue weighted by atomic mass is 79.9. The van der Waals surface area contributed by atoms with Crippen molar-refractivity contribution in [1.29, 1.82) is 0 Å². The van der Waals surface area contributed by atoms with Crippen molar-refractivity contribution < 1.29 is 4.74 Å². The third kappa shape index (κ3) is 3.85. The van der Waals surface area contributed by atoms with Crippen molar-refractivity contribution in [1.82, 2.24) is 20.0 Å². The molecule has 1 unspecified atom stereocenters. The molecule has 0 aliphatic heterocycles. The molecule has 2 heterocycles. The molecule has 7 heteroatoms. The Bertz CT molecular complexity index is 581.